The first-order valence-corrected chi connectivity index (χ1v) is 9.69. The van der Waals surface area contributed by atoms with Crippen LogP contribution in [0.25, 0.3) is 0 Å². The quantitative estimate of drug-likeness (QED) is 0.304. The topological polar surface area (TPSA) is 98.5 Å². The van der Waals surface area contributed by atoms with E-state index in [1.807, 2.05) is 0 Å². The van der Waals surface area contributed by atoms with E-state index in [9.17, 15) is 19.7 Å². The number of hydrogen-bond donors (Lipinski definition) is 1. The van der Waals surface area contributed by atoms with Crippen LogP contribution in [-0.4, -0.2) is 34.7 Å². The fourth-order valence-corrected chi connectivity index (χ4v) is 3.40. The molecule has 0 unspecified atom stereocenters. The fourth-order valence-electron chi connectivity index (χ4n) is 2.14. The number of carbonyl (C=O) groups excluding carboxylic acids is 2. The number of esters is 1. The second-order valence-corrected chi connectivity index (χ2v) is 7.94. The highest BCUT2D eigenvalue weighted by Gasteiger charge is 2.28. The molecule has 1 aliphatic carbocycles. The van der Waals surface area contributed by atoms with Crippen LogP contribution in [0, 0.1) is 16.0 Å². The second kappa shape index (κ2) is 9.02. The molecule has 7 nitrogen and oxygen atoms in total. The summed E-state index contributed by atoms with van der Waals surface area (Å²) in [6, 6.07) is 4.45. The van der Waals surface area contributed by atoms with Crippen molar-refractivity contribution in [2.75, 3.05) is 5.75 Å². The number of thioether (sulfide) groups is 1. The number of benzene rings is 1. The van der Waals surface area contributed by atoms with Crippen molar-refractivity contribution in [2.45, 2.75) is 57.1 Å². The van der Waals surface area contributed by atoms with Crippen molar-refractivity contribution in [3.05, 3.63) is 33.9 Å². The van der Waals surface area contributed by atoms with Crippen molar-refractivity contribution in [1.29, 1.82) is 0 Å². The molecule has 0 aliphatic heterocycles. The summed E-state index contributed by atoms with van der Waals surface area (Å²) >= 11 is 1.40. The maximum absolute atomic E-state index is 12.2. The third-order valence-corrected chi connectivity index (χ3v) is 5.02. The number of nitrogens with zero attached hydrogens (tertiary/aromatic N) is 1. The van der Waals surface area contributed by atoms with Crippen LogP contribution in [0.5, 0.6) is 0 Å². The van der Waals surface area contributed by atoms with E-state index in [-0.39, 0.29) is 23.2 Å². The van der Waals surface area contributed by atoms with Crippen molar-refractivity contribution >= 4 is 29.3 Å². The first kappa shape index (κ1) is 20.2. The van der Waals surface area contributed by atoms with Crippen LogP contribution < -0.4 is 5.32 Å². The summed E-state index contributed by atoms with van der Waals surface area (Å²) in [7, 11) is 0. The smallest absolute Gasteiger partial charge is 0.339 e. The van der Waals surface area contributed by atoms with Crippen molar-refractivity contribution < 1.29 is 19.2 Å². The molecule has 1 aromatic rings. The van der Waals surface area contributed by atoms with Gasteiger partial charge in [0, 0.05) is 12.1 Å². The highest BCUT2D eigenvalue weighted by Crippen LogP contribution is 2.31. The van der Waals surface area contributed by atoms with Crippen LogP contribution >= 0.6 is 11.8 Å². The van der Waals surface area contributed by atoms with Gasteiger partial charge < -0.3 is 10.1 Å². The third kappa shape index (κ3) is 6.01. The number of carbonyl (C=O) groups is 2. The Balaban J connectivity index is 2.03. The molecule has 0 bridgehead atoms. The molecule has 1 fully saturated rings. The summed E-state index contributed by atoms with van der Waals surface area (Å²) in [5.74, 6) is 0.182. The lowest BCUT2D eigenvalue weighted by atomic mass is 10.2. The molecule has 1 saturated carbocycles. The average Bonchev–Trinajstić information content (AvgIpc) is 3.38. The Bertz CT molecular complexity index is 688. The van der Waals surface area contributed by atoms with Gasteiger partial charge in [-0.3, -0.25) is 14.9 Å². The van der Waals surface area contributed by atoms with E-state index in [2.05, 4.69) is 19.2 Å². The van der Waals surface area contributed by atoms with Gasteiger partial charge in [0.15, 0.2) is 6.10 Å². The van der Waals surface area contributed by atoms with Gasteiger partial charge in [-0.1, -0.05) is 13.8 Å². The SMILES string of the molecule is CC(C)CCSc1ccc(C(=O)O[C@H](C)C(=O)NC2CC2)cc1[N+](=O)[O-]. The van der Waals surface area contributed by atoms with Gasteiger partial charge in [-0.15, -0.1) is 11.8 Å². The Hall–Kier alpha value is -2.09. The molecule has 26 heavy (non-hydrogen) atoms. The highest BCUT2D eigenvalue weighted by atomic mass is 32.2. The monoisotopic (exact) mass is 380 g/mol. The van der Waals surface area contributed by atoms with Gasteiger partial charge in [0.05, 0.1) is 15.4 Å². The van der Waals surface area contributed by atoms with Crippen LogP contribution in [0.15, 0.2) is 23.1 Å². The lowest BCUT2D eigenvalue weighted by Gasteiger charge is -2.13. The van der Waals surface area contributed by atoms with E-state index in [0.717, 1.165) is 25.0 Å². The third-order valence-electron chi connectivity index (χ3n) is 3.92. The largest absolute Gasteiger partial charge is 0.449 e. The van der Waals surface area contributed by atoms with Crippen molar-refractivity contribution in [2.24, 2.45) is 5.92 Å². The summed E-state index contributed by atoms with van der Waals surface area (Å²) in [5, 5.41) is 14.1. The van der Waals surface area contributed by atoms with Gasteiger partial charge >= 0.3 is 5.97 Å². The average molecular weight is 380 g/mol. The number of rotatable bonds is 9. The summed E-state index contributed by atoms with van der Waals surface area (Å²) in [4.78, 5) is 35.4. The van der Waals surface area contributed by atoms with Crippen molar-refractivity contribution in [3.8, 4) is 0 Å². The van der Waals surface area contributed by atoms with Gasteiger partial charge in [0.25, 0.3) is 11.6 Å². The molecule has 0 heterocycles. The molecule has 142 valence electrons. The van der Waals surface area contributed by atoms with Gasteiger partial charge in [-0.25, -0.2) is 4.79 Å². The fraction of sp³-hybridized carbons (Fsp3) is 0.556. The normalized spacial score (nSPS) is 14.8. The first-order chi connectivity index (χ1) is 12.3. The molecule has 1 amide bonds. The zero-order valence-corrected chi connectivity index (χ0v) is 16.0. The molecule has 8 heteroatoms. The second-order valence-electron chi connectivity index (χ2n) is 6.80. The van der Waals surface area contributed by atoms with E-state index < -0.39 is 17.0 Å². The summed E-state index contributed by atoms with van der Waals surface area (Å²) in [6.45, 7) is 5.67. The van der Waals surface area contributed by atoms with E-state index in [1.54, 1.807) is 6.07 Å². The van der Waals surface area contributed by atoms with Crippen LogP contribution in [0.1, 0.15) is 50.4 Å². The van der Waals surface area contributed by atoms with Crippen LogP contribution in [0.2, 0.25) is 0 Å². The Kier molecular flexibility index (Phi) is 7.02. The molecule has 1 aliphatic rings. The molecule has 2 rings (SSSR count). The number of amides is 1. The van der Waals surface area contributed by atoms with Gasteiger partial charge in [-0.2, -0.15) is 0 Å². The van der Waals surface area contributed by atoms with E-state index >= 15 is 0 Å². The van der Waals surface area contributed by atoms with E-state index in [1.165, 1.54) is 30.8 Å². The molecule has 0 radical (unpaired) electrons. The summed E-state index contributed by atoms with van der Waals surface area (Å²) < 4.78 is 5.13. The molecule has 1 N–H and O–H groups in total. The minimum absolute atomic E-state index is 0.0657. The number of nitrogens with one attached hydrogen (secondary N) is 1. The van der Waals surface area contributed by atoms with Crippen LogP contribution in [-0.2, 0) is 9.53 Å². The lowest BCUT2D eigenvalue weighted by molar-refractivity contribution is -0.387. The van der Waals surface area contributed by atoms with Crippen LogP contribution in [0.4, 0.5) is 5.69 Å². The molecular formula is C18H24N2O5S. The number of ether oxygens (including phenoxy) is 1. The maximum atomic E-state index is 12.2. The van der Waals surface area contributed by atoms with E-state index in [0.29, 0.717) is 10.8 Å². The number of hydrogen-bond acceptors (Lipinski definition) is 6. The van der Waals surface area contributed by atoms with Gasteiger partial charge in [0.1, 0.15) is 0 Å². The van der Waals surface area contributed by atoms with Gasteiger partial charge in [0.2, 0.25) is 0 Å². The Morgan fingerprint density at radius 3 is 2.62 bits per heavy atom. The van der Waals surface area contributed by atoms with E-state index in [4.69, 9.17) is 4.74 Å². The Morgan fingerprint density at radius 1 is 1.35 bits per heavy atom. The highest BCUT2D eigenvalue weighted by molar-refractivity contribution is 7.99. The zero-order valence-electron chi connectivity index (χ0n) is 15.2. The lowest BCUT2D eigenvalue weighted by Crippen LogP contribution is -2.37. The molecular weight excluding hydrogens is 356 g/mol. The van der Waals surface area contributed by atoms with Gasteiger partial charge in [-0.05, 0) is 50.0 Å². The molecule has 0 saturated heterocycles. The summed E-state index contributed by atoms with van der Waals surface area (Å²) in [6.07, 6.45) is 1.88. The Labute approximate surface area is 157 Å². The number of nitro groups is 1. The first-order valence-electron chi connectivity index (χ1n) is 8.70. The van der Waals surface area contributed by atoms with Crippen molar-refractivity contribution in [1.82, 2.24) is 5.32 Å². The standard InChI is InChI=1S/C18H24N2O5S/c1-11(2)8-9-26-16-7-4-13(10-15(16)20(23)24)18(22)25-12(3)17(21)19-14-5-6-14/h4,7,10-12,14H,5-6,8-9H2,1-3H3,(H,19,21)/t12-/m1/s1. The molecule has 0 spiro atoms. The van der Waals surface area contributed by atoms with Crippen LogP contribution in [0.3, 0.4) is 0 Å². The molecule has 1 atom stereocenters. The van der Waals surface area contributed by atoms with Crippen molar-refractivity contribution in [3.63, 3.8) is 0 Å². The minimum atomic E-state index is -0.942. The molecule has 0 aromatic heterocycles. The maximum Gasteiger partial charge on any atom is 0.339 e. The predicted octanol–water partition coefficient (Wildman–Crippen LogP) is 3.56. The predicted molar refractivity (Wildman–Crippen MR) is 99.3 cm³/mol. The number of nitro benzene ring substituents is 1. The molecule has 1 aromatic carbocycles. The Morgan fingerprint density at radius 2 is 2.04 bits per heavy atom. The minimum Gasteiger partial charge on any atom is -0.449 e. The zero-order chi connectivity index (χ0) is 19.3. The summed E-state index contributed by atoms with van der Waals surface area (Å²) in [5.41, 5.74) is -0.0562.